The maximum absolute atomic E-state index is 10.3. The van der Waals surface area contributed by atoms with Crippen molar-refractivity contribution in [2.75, 3.05) is 6.26 Å². The number of rotatable bonds is 0. The number of carbonyl (C=O) groups is 1. The Hall–Kier alpha value is -0.640. The van der Waals surface area contributed by atoms with Crippen LogP contribution in [-0.4, -0.2) is 23.5 Å². The van der Waals surface area contributed by atoms with Crippen LogP contribution in [0, 0.1) is 0 Å². The number of aliphatic imine (C=N–C) groups is 2. The van der Waals surface area contributed by atoms with Crippen LogP contribution in [0.5, 0.6) is 0 Å². The lowest BCUT2D eigenvalue weighted by Gasteiger charge is -1.80. The number of thioether (sulfide) groups is 1. The van der Waals surface area contributed by atoms with Crippen LogP contribution >= 0.6 is 11.8 Å². The molecule has 0 atom stereocenters. The molecule has 0 aromatic carbocycles. The van der Waals surface area contributed by atoms with E-state index >= 15 is 0 Å². The number of hydrogen-bond acceptors (Lipinski definition) is 3. The van der Waals surface area contributed by atoms with E-state index in [4.69, 9.17) is 0 Å². The topological polar surface area (TPSA) is 41.8 Å². The second-order valence-electron chi connectivity index (χ2n) is 1.19. The Labute approximate surface area is 50.9 Å². The van der Waals surface area contributed by atoms with Gasteiger partial charge in [0, 0.05) is 0 Å². The Morgan fingerprint density at radius 3 is 2.75 bits per heavy atom. The van der Waals surface area contributed by atoms with Crippen LogP contribution in [0.2, 0.25) is 0 Å². The van der Waals surface area contributed by atoms with Gasteiger partial charge in [0.05, 0.1) is 6.21 Å². The standard InChI is InChI=1S/C4H4N2OS/c1-8-4-5-2-3(7)6-4/h2H,1H3. The molecule has 0 unspecified atom stereocenters. The van der Waals surface area contributed by atoms with Gasteiger partial charge in [0.2, 0.25) is 0 Å². The highest BCUT2D eigenvalue weighted by molar-refractivity contribution is 8.13. The van der Waals surface area contributed by atoms with Crippen LogP contribution in [0.3, 0.4) is 0 Å². The fourth-order valence-electron chi connectivity index (χ4n) is 0.361. The predicted octanol–water partition coefficient (Wildman–Crippen LogP) is 0.316. The number of amides is 1. The molecule has 1 aliphatic rings. The van der Waals surface area contributed by atoms with E-state index in [9.17, 15) is 4.79 Å². The fourth-order valence-corrected chi connectivity index (χ4v) is 0.700. The average molecular weight is 128 g/mol. The Kier molecular flexibility index (Phi) is 1.43. The fraction of sp³-hybridized carbons (Fsp3) is 0.250. The molecular formula is C4H4N2OS. The van der Waals surface area contributed by atoms with Crippen molar-refractivity contribution < 1.29 is 4.79 Å². The molecule has 0 aromatic heterocycles. The summed E-state index contributed by atoms with van der Waals surface area (Å²) in [7, 11) is 0. The first-order chi connectivity index (χ1) is 3.83. The van der Waals surface area contributed by atoms with Crippen LogP contribution in [0.15, 0.2) is 9.98 Å². The van der Waals surface area contributed by atoms with Gasteiger partial charge in [0.1, 0.15) is 0 Å². The molecule has 0 bridgehead atoms. The zero-order valence-corrected chi connectivity index (χ0v) is 5.10. The lowest BCUT2D eigenvalue weighted by molar-refractivity contribution is -0.111. The largest absolute Gasteiger partial charge is 0.290 e. The van der Waals surface area contributed by atoms with Crippen molar-refractivity contribution in [2.45, 2.75) is 0 Å². The summed E-state index contributed by atoms with van der Waals surface area (Å²) in [5.74, 6) is -0.255. The average Bonchev–Trinajstić information content (AvgIpc) is 2.14. The second-order valence-corrected chi connectivity index (χ2v) is 1.97. The first kappa shape index (κ1) is 5.50. The van der Waals surface area contributed by atoms with E-state index in [2.05, 4.69) is 9.98 Å². The molecule has 0 fully saturated rings. The van der Waals surface area contributed by atoms with Crippen LogP contribution < -0.4 is 0 Å². The molecule has 42 valence electrons. The molecule has 0 N–H and O–H groups in total. The van der Waals surface area contributed by atoms with Crippen molar-refractivity contribution in [3.05, 3.63) is 0 Å². The van der Waals surface area contributed by atoms with Gasteiger partial charge >= 0.3 is 0 Å². The van der Waals surface area contributed by atoms with E-state index in [1.807, 2.05) is 6.26 Å². The van der Waals surface area contributed by atoms with E-state index in [-0.39, 0.29) is 5.91 Å². The van der Waals surface area contributed by atoms with Gasteiger partial charge in [-0.25, -0.2) is 4.99 Å². The quantitative estimate of drug-likeness (QED) is 0.471. The van der Waals surface area contributed by atoms with Crippen molar-refractivity contribution >= 4 is 29.1 Å². The third kappa shape index (κ3) is 0.949. The van der Waals surface area contributed by atoms with Gasteiger partial charge in [-0.15, -0.1) is 0 Å². The van der Waals surface area contributed by atoms with Crippen LogP contribution in [-0.2, 0) is 4.79 Å². The molecule has 0 radical (unpaired) electrons. The molecule has 0 aromatic rings. The summed E-state index contributed by atoms with van der Waals surface area (Å²) in [6.07, 6.45) is 3.04. The summed E-state index contributed by atoms with van der Waals surface area (Å²) in [6, 6.07) is 0. The molecule has 1 rings (SSSR count). The van der Waals surface area contributed by atoms with Crippen molar-refractivity contribution in [3.63, 3.8) is 0 Å². The van der Waals surface area contributed by atoms with E-state index in [1.54, 1.807) is 0 Å². The highest BCUT2D eigenvalue weighted by atomic mass is 32.2. The monoisotopic (exact) mass is 128 g/mol. The molecule has 1 aliphatic heterocycles. The maximum atomic E-state index is 10.3. The van der Waals surface area contributed by atoms with Crippen LogP contribution in [0.1, 0.15) is 0 Å². The third-order valence-electron chi connectivity index (χ3n) is 0.674. The molecular weight excluding hydrogens is 124 g/mol. The van der Waals surface area contributed by atoms with Crippen LogP contribution in [0.4, 0.5) is 0 Å². The normalized spacial score (nSPS) is 17.1. The minimum absolute atomic E-state index is 0.255. The molecule has 4 heteroatoms. The lowest BCUT2D eigenvalue weighted by atomic mass is 10.7. The maximum Gasteiger partial charge on any atom is 0.290 e. The minimum Gasteiger partial charge on any atom is -0.266 e. The molecule has 8 heavy (non-hydrogen) atoms. The Morgan fingerprint density at radius 2 is 2.50 bits per heavy atom. The van der Waals surface area contributed by atoms with Crippen LogP contribution in [0.25, 0.3) is 0 Å². The van der Waals surface area contributed by atoms with Crippen molar-refractivity contribution in [1.82, 2.24) is 0 Å². The predicted molar refractivity (Wildman–Crippen MR) is 34.4 cm³/mol. The van der Waals surface area contributed by atoms with E-state index < -0.39 is 0 Å². The summed E-state index contributed by atoms with van der Waals surface area (Å²) in [6.45, 7) is 0. The van der Waals surface area contributed by atoms with Gasteiger partial charge in [0.15, 0.2) is 5.17 Å². The van der Waals surface area contributed by atoms with Crippen molar-refractivity contribution in [3.8, 4) is 0 Å². The molecule has 1 heterocycles. The number of hydrogen-bond donors (Lipinski definition) is 0. The molecule has 0 spiro atoms. The summed E-state index contributed by atoms with van der Waals surface area (Å²) in [4.78, 5) is 17.5. The van der Waals surface area contributed by atoms with Crippen molar-refractivity contribution in [2.24, 2.45) is 9.98 Å². The zero-order chi connectivity index (χ0) is 5.98. The number of nitrogens with zero attached hydrogens (tertiary/aromatic N) is 2. The van der Waals surface area contributed by atoms with Gasteiger partial charge in [-0.1, -0.05) is 11.8 Å². The van der Waals surface area contributed by atoms with Crippen molar-refractivity contribution in [1.29, 1.82) is 0 Å². The summed E-state index contributed by atoms with van der Waals surface area (Å²) in [5, 5.41) is 0.551. The van der Waals surface area contributed by atoms with E-state index in [1.165, 1.54) is 18.0 Å². The van der Waals surface area contributed by atoms with Gasteiger partial charge in [-0.2, -0.15) is 4.99 Å². The summed E-state index contributed by atoms with van der Waals surface area (Å²) >= 11 is 1.37. The van der Waals surface area contributed by atoms with Gasteiger partial charge < -0.3 is 0 Å². The molecule has 1 amide bonds. The Bertz CT molecular complexity index is 173. The summed E-state index contributed by atoms with van der Waals surface area (Å²) < 4.78 is 0. The third-order valence-corrected chi connectivity index (χ3v) is 1.24. The smallest absolute Gasteiger partial charge is 0.266 e. The highest BCUT2D eigenvalue weighted by Gasteiger charge is 2.04. The van der Waals surface area contributed by atoms with Gasteiger partial charge in [-0.05, 0) is 6.26 Å². The lowest BCUT2D eigenvalue weighted by Crippen LogP contribution is -1.85. The minimum atomic E-state index is -0.255. The second kappa shape index (κ2) is 2.09. The van der Waals surface area contributed by atoms with Gasteiger partial charge in [-0.3, -0.25) is 4.79 Å². The number of amidine groups is 1. The first-order valence-corrected chi connectivity index (χ1v) is 3.26. The molecule has 0 saturated heterocycles. The SMILES string of the molecule is CSC1=NC(=O)C=N1. The summed E-state index contributed by atoms with van der Waals surface area (Å²) in [5.41, 5.74) is 0. The number of carbonyl (C=O) groups excluding carboxylic acids is 1. The molecule has 0 saturated carbocycles. The molecule has 0 aliphatic carbocycles. The van der Waals surface area contributed by atoms with E-state index in [0.717, 1.165) is 0 Å². The highest BCUT2D eigenvalue weighted by Crippen LogP contribution is 2.02. The van der Waals surface area contributed by atoms with E-state index in [0.29, 0.717) is 5.17 Å². The first-order valence-electron chi connectivity index (χ1n) is 2.03. The Morgan fingerprint density at radius 1 is 1.75 bits per heavy atom. The van der Waals surface area contributed by atoms with Gasteiger partial charge in [0.25, 0.3) is 5.91 Å². The Balaban J connectivity index is 2.72. The molecule has 3 nitrogen and oxygen atoms in total. The zero-order valence-electron chi connectivity index (χ0n) is 4.29.